The van der Waals surface area contributed by atoms with Crippen LogP contribution in [-0.2, 0) is 13.5 Å². The first-order valence-corrected chi connectivity index (χ1v) is 9.91. The van der Waals surface area contributed by atoms with Gasteiger partial charge in [0.05, 0.1) is 5.52 Å². The number of hydrogen-bond donors (Lipinski definition) is 1. The molecule has 2 aromatic carbocycles. The Kier molecular flexibility index (Phi) is 5.79. The molecule has 0 aliphatic carbocycles. The minimum Gasteiger partial charge on any atom is -0.408 e. The summed E-state index contributed by atoms with van der Waals surface area (Å²) in [6.45, 7) is 0. The summed E-state index contributed by atoms with van der Waals surface area (Å²) >= 11 is 6.38. The van der Waals surface area contributed by atoms with Crippen molar-refractivity contribution in [3.8, 4) is 11.1 Å². The van der Waals surface area contributed by atoms with E-state index in [1.54, 1.807) is 30.6 Å². The quantitative estimate of drug-likeness (QED) is 0.471. The molecule has 0 saturated carbocycles. The fourth-order valence-corrected chi connectivity index (χ4v) is 3.95. The molecule has 10 heteroatoms. The van der Waals surface area contributed by atoms with Crippen LogP contribution in [0.1, 0.15) is 17.0 Å². The molecule has 1 N–H and O–H groups in total. The van der Waals surface area contributed by atoms with Gasteiger partial charge in [0.25, 0.3) is 0 Å². The van der Waals surface area contributed by atoms with Crippen LogP contribution in [0, 0.1) is 0 Å². The van der Waals surface area contributed by atoms with Crippen molar-refractivity contribution in [3.63, 3.8) is 0 Å². The van der Waals surface area contributed by atoms with Crippen LogP contribution in [0.25, 0.3) is 22.2 Å². The molecule has 0 aliphatic rings. The number of aliphatic hydroxyl groups excluding tert-OH is 1. The lowest BCUT2D eigenvalue weighted by Crippen LogP contribution is -2.35. The van der Waals surface area contributed by atoms with Gasteiger partial charge in [-0.3, -0.25) is 4.57 Å². The number of rotatable bonds is 5. The summed E-state index contributed by atoms with van der Waals surface area (Å²) in [5, 5.41) is 10.2. The molecule has 2 atom stereocenters. The number of aromatic nitrogens is 3. The second-order valence-electron chi connectivity index (χ2n) is 7.39. The zero-order chi connectivity index (χ0) is 23.0. The van der Waals surface area contributed by atoms with E-state index in [1.807, 2.05) is 0 Å². The molecule has 166 valence electrons. The number of halogens is 4. The summed E-state index contributed by atoms with van der Waals surface area (Å²) in [5.41, 5.74) is 2.69. The highest BCUT2D eigenvalue weighted by atomic mass is 35.5. The lowest BCUT2D eigenvalue weighted by Gasteiger charge is -2.26. The first kappa shape index (κ1) is 22.0. The Morgan fingerprint density at radius 1 is 1.12 bits per heavy atom. The smallest absolute Gasteiger partial charge is 0.408 e. The first-order valence-electron chi connectivity index (χ1n) is 9.53. The van der Waals surface area contributed by atoms with E-state index in [0.29, 0.717) is 27.8 Å². The normalized spacial score (nSPS) is 13.9. The lowest BCUT2D eigenvalue weighted by molar-refractivity contribution is -0.210. The van der Waals surface area contributed by atoms with E-state index < -0.39 is 24.0 Å². The molecule has 4 aromatic rings. The van der Waals surface area contributed by atoms with Gasteiger partial charge in [0.1, 0.15) is 6.33 Å². The second-order valence-corrected chi connectivity index (χ2v) is 7.80. The summed E-state index contributed by atoms with van der Waals surface area (Å²) in [6, 6.07) is 9.25. The van der Waals surface area contributed by atoms with Gasteiger partial charge in [0.15, 0.2) is 11.7 Å². The number of fused-ring (bicyclic) bond motifs is 1. The van der Waals surface area contributed by atoms with Crippen molar-refractivity contribution in [2.45, 2.75) is 24.6 Å². The molecule has 0 amide bonds. The number of benzene rings is 2. The van der Waals surface area contributed by atoms with Crippen molar-refractivity contribution in [3.05, 3.63) is 81.8 Å². The standard InChI is InChI=1S/C22H17ClF3N3O3/c1-29-18-7-12(2-5-19(18)32-21(29)31)6-16(20(30)22(24,25)26)15-4-3-13(8-17(15)23)14-9-27-11-28-10-14/h2-5,7-11,16,20,30H,6H2,1H3. The van der Waals surface area contributed by atoms with E-state index in [9.17, 15) is 23.1 Å². The molecule has 2 unspecified atom stereocenters. The molecule has 0 bridgehead atoms. The fourth-order valence-electron chi connectivity index (χ4n) is 3.63. The topological polar surface area (TPSA) is 81.2 Å². The van der Waals surface area contributed by atoms with Crippen molar-refractivity contribution < 1.29 is 22.7 Å². The van der Waals surface area contributed by atoms with Crippen LogP contribution in [0.3, 0.4) is 0 Å². The average Bonchev–Trinajstić information content (AvgIpc) is 3.05. The van der Waals surface area contributed by atoms with Gasteiger partial charge in [0.2, 0.25) is 0 Å². The molecule has 0 saturated heterocycles. The van der Waals surface area contributed by atoms with Crippen LogP contribution in [0.2, 0.25) is 5.02 Å². The Hall–Kier alpha value is -3.17. The van der Waals surface area contributed by atoms with E-state index in [4.69, 9.17) is 16.0 Å². The van der Waals surface area contributed by atoms with Crippen LogP contribution in [0.4, 0.5) is 13.2 Å². The second kappa shape index (κ2) is 8.40. The molecule has 6 nitrogen and oxygen atoms in total. The Morgan fingerprint density at radius 3 is 2.50 bits per heavy atom. The van der Waals surface area contributed by atoms with E-state index in [1.165, 1.54) is 36.1 Å². The number of oxazole rings is 1. The third-order valence-electron chi connectivity index (χ3n) is 5.32. The molecular weight excluding hydrogens is 447 g/mol. The summed E-state index contributed by atoms with van der Waals surface area (Å²) < 4.78 is 46.9. The number of aryl methyl sites for hydroxylation is 1. The van der Waals surface area contributed by atoms with E-state index in [0.717, 1.165) is 0 Å². The van der Waals surface area contributed by atoms with Gasteiger partial charge in [-0.05, 0) is 41.3 Å². The summed E-state index contributed by atoms with van der Waals surface area (Å²) in [7, 11) is 1.50. The predicted octanol–water partition coefficient (Wildman–Crippen LogP) is 4.49. The lowest BCUT2D eigenvalue weighted by atomic mass is 9.86. The minimum absolute atomic E-state index is 0.0800. The van der Waals surface area contributed by atoms with Crippen LogP contribution in [-0.4, -0.2) is 31.9 Å². The van der Waals surface area contributed by atoms with Crippen molar-refractivity contribution >= 4 is 22.7 Å². The van der Waals surface area contributed by atoms with Crippen LogP contribution < -0.4 is 5.76 Å². The molecule has 32 heavy (non-hydrogen) atoms. The van der Waals surface area contributed by atoms with Crippen molar-refractivity contribution in [2.75, 3.05) is 0 Å². The van der Waals surface area contributed by atoms with Crippen molar-refractivity contribution in [1.29, 1.82) is 0 Å². The van der Waals surface area contributed by atoms with Gasteiger partial charge < -0.3 is 9.52 Å². The zero-order valence-electron chi connectivity index (χ0n) is 16.7. The van der Waals surface area contributed by atoms with E-state index >= 15 is 0 Å². The molecule has 0 aliphatic heterocycles. The highest BCUT2D eigenvalue weighted by Gasteiger charge is 2.44. The van der Waals surface area contributed by atoms with Gasteiger partial charge in [0, 0.05) is 35.9 Å². The highest BCUT2D eigenvalue weighted by Crippen LogP contribution is 2.38. The van der Waals surface area contributed by atoms with Gasteiger partial charge in [-0.2, -0.15) is 13.2 Å². The average molecular weight is 464 g/mol. The molecule has 0 radical (unpaired) electrons. The monoisotopic (exact) mass is 463 g/mol. The number of alkyl halides is 3. The fraction of sp³-hybridized carbons (Fsp3) is 0.227. The summed E-state index contributed by atoms with van der Waals surface area (Å²) in [4.78, 5) is 19.6. The Labute approximate surface area is 184 Å². The molecule has 4 rings (SSSR count). The molecule has 0 fully saturated rings. The van der Waals surface area contributed by atoms with Crippen molar-refractivity contribution in [1.82, 2.24) is 14.5 Å². The summed E-state index contributed by atoms with van der Waals surface area (Å²) in [6.07, 6.45) is -3.18. The van der Waals surface area contributed by atoms with E-state index in [-0.39, 0.29) is 17.0 Å². The predicted molar refractivity (Wildman–Crippen MR) is 112 cm³/mol. The van der Waals surface area contributed by atoms with Crippen LogP contribution in [0.5, 0.6) is 0 Å². The summed E-state index contributed by atoms with van der Waals surface area (Å²) in [5.74, 6) is -1.95. The van der Waals surface area contributed by atoms with Crippen LogP contribution >= 0.6 is 11.6 Å². The Balaban J connectivity index is 1.75. The molecule has 2 heterocycles. The number of hydrogen-bond acceptors (Lipinski definition) is 5. The van der Waals surface area contributed by atoms with Crippen LogP contribution in [0.15, 0.2) is 64.3 Å². The van der Waals surface area contributed by atoms with Gasteiger partial charge in [-0.25, -0.2) is 14.8 Å². The van der Waals surface area contributed by atoms with Gasteiger partial charge in [-0.1, -0.05) is 29.8 Å². The molecule has 0 spiro atoms. The largest absolute Gasteiger partial charge is 0.419 e. The maximum absolute atomic E-state index is 13.5. The maximum atomic E-state index is 13.5. The minimum atomic E-state index is -4.85. The zero-order valence-corrected chi connectivity index (χ0v) is 17.4. The van der Waals surface area contributed by atoms with Gasteiger partial charge >= 0.3 is 11.9 Å². The molecule has 2 aromatic heterocycles. The van der Waals surface area contributed by atoms with E-state index in [2.05, 4.69) is 9.97 Å². The maximum Gasteiger partial charge on any atom is 0.419 e. The Bertz CT molecular complexity index is 1320. The highest BCUT2D eigenvalue weighted by molar-refractivity contribution is 6.31. The number of nitrogens with zero attached hydrogens (tertiary/aromatic N) is 3. The van der Waals surface area contributed by atoms with Gasteiger partial charge in [-0.15, -0.1) is 0 Å². The SMILES string of the molecule is Cn1c(=O)oc2ccc(CC(c3ccc(-c4cncnc4)cc3Cl)C(O)C(F)(F)F)cc21. The first-order chi connectivity index (χ1) is 15.1. The number of aliphatic hydroxyl groups is 1. The Morgan fingerprint density at radius 2 is 1.84 bits per heavy atom. The third kappa shape index (κ3) is 4.26. The molecular formula is C22H17ClF3N3O3. The third-order valence-corrected chi connectivity index (χ3v) is 5.65. The van der Waals surface area contributed by atoms with Crippen molar-refractivity contribution in [2.24, 2.45) is 7.05 Å².